The summed E-state index contributed by atoms with van der Waals surface area (Å²) in [5, 5.41) is 2.09. The molecular formula is C12H13NOS. The number of carbonyl (C=O) groups excluding carboxylic acids is 1. The van der Waals surface area contributed by atoms with Crippen LogP contribution < -0.4 is 0 Å². The van der Waals surface area contributed by atoms with Crippen molar-refractivity contribution in [3.8, 4) is 0 Å². The van der Waals surface area contributed by atoms with E-state index in [1.807, 2.05) is 18.2 Å². The minimum Gasteiger partial charge on any atom is -0.272 e. The predicted octanol–water partition coefficient (Wildman–Crippen LogP) is 3.20. The van der Waals surface area contributed by atoms with E-state index in [0.29, 0.717) is 12.3 Å². The molecule has 0 bridgehead atoms. The van der Waals surface area contributed by atoms with Gasteiger partial charge in [-0.1, -0.05) is 37.3 Å². The average Bonchev–Trinajstić information content (AvgIpc) is 2.27. The second kappa shape index (κ2) is 6.23. The van der Waals surface area contributed by atoms with Crippen molar-refractivity contribution in [3.05, 3.63) is 35.9 Å². The van der Waals surface area contributed by atoms with Gasteiger partial charge in [0, 0.05) is 6.42 Å². The van der Waals surface area contributed by atoms with Crippen LogP contribution >= 0.6 is 12.2 Å². The minimum atomic E-state index is -0.187. The molecule has 0 fully saturated rings. The molecule has 0 aromatic heterocycles. The molecule has 78 valence electrons. The number of thiocarbonyl (C=S) groups is 1. The van der Waals surface area contributed by atoms with Crippen LogP contribution in [0.15, 0.2) is 35.3 Å². The third-order valence-electron chi connectivity index (χ3n) is 2.33. The molecule has 0 N–H and O–H groups in total. The number of amides is 1. The number of hydrogen-bond donors (Lipinski definition) is 0. The third kappa shape index (κ3) is 4.15. The highest BCUT2D eigenvalue weighted by Crippen LogP contribution is 2.19. The molecular weight excluding hydrogens is 206 g/mol. The van der Waals surface area contributed by atoms with Crippen LogP contribution in [0, 0.1) is 0 Å². The number of aliphatic imine (C=N–C) groups is 1. The van der Waals surface area contributed by atoms with Crippen molar-refractivity contribution in [2.24, 2.45) is 4.99 Å². The SMILES string of the molecule is CC(CCC(=O)N=C=S)c1ccccc1. The Kier molecular flexibility index (Phi) is 4.88. The summed E-state index contributed by atoms with van der Waals surface area (Å²) < 4.78 is 0. The minimum absolute atomic E-state index is 0.187. The molecule has 15 heavy (non-hydrogen) atoms. The predicted molar refractivity (Wildman–Crippen MR) is 64.1 cm³/mol. The van der Waals surface area contributed by atoms with E-state index < -0.39 is 0 Å². The lowest BCUT2D eigenvalue weighted by Crippen LogP contribution is -1.98. The smallest absolute Gasteiger partial charge is 0.254 e. The van der Waals surface area contributed by atoms with Crippen LogP contribution in [-0.4, -0.2) is 11.1 Å². The quantitative estimate of drug-likeness (QED) is 0.575. The summed E-state index contributed by atoms with van der Waals surface area (Å²) in [6.45, 7) is 2.10. The summed E-state index contributed by atoms with van der Waals surface area (Å²) in [7, 11) is 0. The van der Waals surface area contributed by atoms with Crippen molar-refractivity contribution >= 4 is 23.3 Å². The average molecular weight is 219 g/mol. The highest BCUT2D eigenvalue weighted by molar-refractivity contribution is 7.78. The van der Waals surface area contributed by atoms with Gasteiger partial charge in [0.15, 0.2) is 0 Å². The van der Waals surface area contributed by atoms with Gasteiger partial charge >= 0.3 is 0 Å². The van der Waals surface area contributed by atoms with Crippen molar-refractivity contribution in [1.82, 2.24) is 0 Å². The topological polar surface area (TPSA) is 29.4 Å². The van der Waals surface area contributed by atoms with Crippen molar-refractivity contribution < 1.29 is 4.79 Å². The molecule has 0 saturated heterocycles. The molecule has 2 nitrogen and oxygen atoms in total. The van der Waals surface area contributed by atoms with Gasteiger partial charge in [-0.2, -0.15) is 4.99 Å². The van der Waals surface area contributed by atoms with E-state index in [9.17, 15) is 4.79 Å². The fourth-order valence-electron chi connectivity index (χ4n) is 1.40. The van der Waals surface area contributed by atoms with Gasteiger partial charge in [0.2, 0.25) is 0 Å². The van der Waals surface area contributed by atoms with Crippen LogP contribution in [0.3, 0.4) is 0 Å². The van der Waals surface area contributed by atoms with Crippen LogP contribution in [0.2, 0.25) is 0 Å². The zero-order chi connectivity index (χ0) is 11.1. The van der Waals surface area contributed by atoms with E-state index >= 15 is 0 Å². The maximum absolute atomic E-state index is 11.1. The summed E-state index contributed by atoms with van der Waals surface area (Å²) >= 11 is 4.36. The van der Waals surface area contributed by atoms with E-state index in [1.54, 1.807) is 0 Å². The van der Waals surface area contributed by atoms with E-state index in [4.69, 9.17) is 0 Å². The Morgan fingerprint density at radius 1 is 1.47 bits per heavy atom. The maximum atomic E-state index is 11.1. The highest BCUT2D eigenvalue weighted by Gasteiger charge is 2.07. The van der Waals surface area contributed by atoms with Gasteiger partial charge < -0.3 is 0 Å². The maximum Gasteiger partial charge on any atom is 0.254 e. The fraction of sp³-hybridized carbons (Fsp3) is 0.333. The van der Waals surface area contributed by atoms with Gasteiger partial charge in [-0.3, -0.25) is 4.79 Å². The molecule has 0 heterocycles. The summed E-state index contributed by atoms with van der Waals surface area (Å²) in [5.74, 6) is 0.184. The van der Waals surface area contributed by atoms with Gasteiger partial charge in [0.05, 0.1) is 5.16 Å². The van der Waals surface area contributed by atoms with Crippen molar-refractivity contribution in [2.45, 2.75) is 25.7 Å². The number of rotatable bonds is 4. The number of hydrogen-bond acceptors (Lipinski definition) is 2. The van der Waals surface area contributed by atoms with E-state index in [1.165, 1.54) is 5.56 Å². The van der Waals surface area contributed by atoms with Gasteiger partial charge in [0.25, 0.3) is 5.91 Å². The molecule has 0 aliphatic rings. The Morgan fingerprint density at radius 2 is 2.13 bits per heavy atom. The molecule has 1 aromatic rings. The first-order valence-corrected chi connectivity index (χ1v) is 5.30. The fourth-order valence-corrected chi connectivity index (χ4v) is 1.50. The first-order chi connectivity index (χ1) is 7.24. The molecule has 1 amide bonds. The van der Waals surface area contributed by atoms with Gasteiger partial charge in [-0.05, 0) is 30.1 Å². The summed E-state index contributed by atoms with van der Waals surface area (Å²) in [5.41, 5.74) is 1.25. The van der Waals surface area contributed by atoms with Crippen LogP contribution in [0.25, 0.3) is 0 Å². The lowest BCUT2D eigenvalue weighted by Gasteiger charge is -2.09. The van der Waals surface area contributed by atoms with Crippen molar-refractivity contribution in [2.75, 3.05) is 0 Å². The van der Waals surface area contributed by atoms with Crippen LogP contribution in [0.1, 0.15) is 31.2 Å². The molecule has 0 aliphatic heterocycles. The molecule has 1 atom stereocenters. The van der Waals surface area contributed by atoms with E-state index in [-0.39, 0.29) is 5.91 Å². The summed E-state index contributed by atoms with van der Waals surface area (Å²) in [6.07, 6.45) is 1.23. The number of benzene rings is 1. The largest absolute Gasteiger partial charge is 0.272 e. The molecule has 1 aromatic carbocycles. The van der Waals surface area contributed by atoms with Gasteiger partial charge in [-0.15, -0.1) is 0 Å². The van der Waals surface area contributed by atoms with Crippen molar-refractivity contribution in [1.29, 1.82) is 0 Å². The van der Waals surface area contributed by atoms with Crippen LogP contribution in [-0.2, 0) is 4.79 Å². The highest BCUT2D eigenvalue weighted by atomic mass is 32.1. The number of carbonyl (C=O) groups is 1. The second-order valence-corrected chi connectivity index (χ2v) is 3.63. The lowest BCUT2D eigenvalue weighted by molar-refractivity contribution is -0.117. The normalized spacial score (nSPS) is 11.5. The molecule has 0 spiro atoms. The van der Waals surface area contributed by atoms with E-state index in [2.05, 4.69) is 41.4 Å². The number of nitrogens with zero attached hydrogens (tertiary/aromatic N) is 1. The molecule has 0 saturated carbocycles. The molecule has 3 heteroatoms. The Balaban J connectivity index is 2.47. The Bertz CT molecular complexity index is 368. The van der Waals surface area contributed by atoms with Crippen molar-refractivity contribution in [3.63, 3.8) is 0 Å². The molecule has 1 unspecified atom stereocenters. The summed E-state index contributed by atoms with van der Waals surface area (Å²) in [4.78, 5) is 14.5. The van der Waals surface area contributed by atoms with E-state index in [0.717, 1.165) is 6.42 Å². The van der Waals surface area contributed by atoms with Gasteiger partial charge in [-0.25, -0.2) is 0 Å². The Labute approximate surface area is 95.0 Å². The molecule has 0 aliphatic carbocycles. The zero-order valence-electron chi connectivity index (χ0n) is 8.64. The zero-order valence-corrected chi connectivity index (χ0v) is 9.46. The van der Waals surface area contributed by atoms with Crippen LogP contribution in [0.4, 0.5) is 0 Å². The number of isothiocyanates is 1. The summed E-state index contributed by atoms with van der Waals surface area (Å²) in [6, 6.07) is 10.1. The molecule has 1 rings (SSSR count). The Hall–Kier alpha value is -1.31. The second-order valence-electron chi connectivity index (χ2n) is 3.45. The Morgan fingerprint density at radius 3 is 2.73 bits per heavy atom. The monoisotopic (exact) mass is 219 g/mol. The van der Waals surface area contributed by atoms with Gasteiger partial charge in [0.1, 0.15) is 0 Å². The lowest BCUT2D eigenvalue weighted by atomic mass is 9.96. The standard InChI is InChI=1S/C12H13NOS/c1-10(7-8-12(14)13-9-15)11-5-3-2-4-6-11/h2-6,10H,7-8H2,1H3. The first-order valence-electron chi connectivity index (χ1n) is 4.89. The first kappa shape index (κ1) is 11.8. The van der Waals surface area contributed by atoms with Crippen LogP contribution in [0.5, 0.6) is 0 Å². The molecule has 0 radical (unpaired) electrons. The third-order valence-corrected chi connectivity index (χ3v) is 2.42.